The molecule has 0 unspecified atom stereocenters. The maximum atomic E-state index is 12.6. The molecule has 3 aromatic rings. The van der Waals surface area contributed by atoms with Crippen LogP contribution in [0.4, 0.5) is 0 Å². The van der Waals surface area contributed by atoms with Gasteiger partial charge in [-0.1, -0.05) is 11.6 Å². The van der Waals surface area contributed by atoms with Gasteiger partial charge in [-0.2, -0.15) is 0 Å². The zero-order chi connectivity index (χ0) is 21.1. The summed E-state index contributed by atoms with van der Waals surface area (Å²) >= 11 is 7.07. The number of benzene rings is 1. The molecule has 1 saturated heterocycles. The normalized spacial score (nSPS) is 18.2. The molecule has 0 bridgehead atoms. The summed E-state index contributed by atoms with van der Waals surface area (Å²) in [6.45, 7) is 0.603. The van der Waals surface area contributed by atoms with Crippen LogP contribution >= 0.6 is 22.9 Å². The molecule has 30 heavy (non-hydrogen) atoms. The van der Waals surface area contributed by atoms with E-state index in [2.05, 4.69) is 15.6 Å². The number of rotatable bonds is 5. The van der Waals surface area contributed by atoms with Gasteiger partial charge in [0.15, 0.2) is 0 Å². The van der Waals surface area contributed by atoms with Crippen molar-refractivity contribution in [3.05, 3.63) is 80.1 Å². The number of amides is 2. The lowest BCUT2D eigenvalue weighted by Crippen LogP contribution is -2.50. The van der Waals surface area contributed by atoms with Crippen LogP contribution in [-0.2, 0) is 4.74 Å². The molecule has 1 fully saturated rings. The van der Waals surface area contributed by atoms with E-state index < -0.39 is 0 Å². The zero-order valence-electron chi connectivity index (χ0n) is 15.6. The van der Waals surface area contributed by atoms with E-state index in [0.717, 1.165) is 0 Å². The summed E-state index contributed by atoms with van der Waals surface area (Å²) in [5.74, 6) is -0.550. The van der Waals surface area contributed by atoms with Gasteiger partial charge in [0.2, 0.25) is 0 Å². The van der Waals surface area contributed by atoms with E-state index in [9.17, 15) is 14.4 Å². The van der Waals surface area contributed by atoms with Crippen molar-refractivity contribution in [1.82, 2.24) is 20.2 Å². The first-order valence-electron chi connectivity index (χ1n) is 9.09. The maximum Gasteiger partial charge on any atom is 0.273 e. The molecule has 2 atom stereocenters. The first kappa shape index (κ1) is 20.3. The lowest BCUT2D eigenvalue weighted by molar-refractivity contribution is 0.0898. The van der Waals surface area contributed by atoms with Gasteiger partial charge in [0, 0.05) is 23.6 Å². The molecule has 1 aliphatic heterocycles. The van der Waals surface area contributed by atoms with Gasteiger partial charge in [0.25, 0.3) is 17.4 Å². The van der Waals surface area contributed by atoms with Gasteiger partial charge in [-0.25, -0.2) is 0 Å². The molecule has 0 saturated carbocycles. The Bertz CT molecular complexity index is 1130. The Morgan fingerprint density at radius 2 is 1.77 bits per heavy atom. The Kier molecular flexibility index (Phi) is 5.93. The first-order valence-corrected chi connectivity index (χ1v) is 10.3. The van der Waals surface area contributed by atoms with Crippen molar-refractivity contribution in [3.8, 4) is 5.69 Å². The quantitative estimate of drug-likeness (QED) is 0.625. The molecule has 8 nitrogen and oxygen atoms in total. The van der Waals surface area contributed by atoms with Gasteiger partial charge >= 0.3 is 0 Å². The number of ether oxygens (including phenoxy) is 1. The van der Waals surface area contributed by atoms with Crippen LogP contribution < -0.4 is 16.2 Å². The van der Waals surface area contributed by atoms with Crippen LogP contribution in [0.3, 0.4) is 0 Å². The van der Waals surface area contributed by atoms with Crippen LogP contribution in [0.1, 0.15) is 20.0 Å². The summed E-state index contributed by atoms with van der Waals surface area (Å²) in [6, 6.07) is 9.24. The summed E-state index contributed by atoms with van der Waals surface area (Å²) in [7, 11) is 0. The van der Waals surface area contributed by atoms with Crippen molar-refractivity contribution in [2.45, 2.75) is 12.1 Å². The van der Waals surface area contributed by atoms with E-state index >= 15 is 0 Å². The molecule has 0 spiro atoms. The number of carbonyl (C=O) groups excluding carboxylic acids is 2. The second-order valence-electron chi connectivity index (χ2n) is 6.63. The van der Waals surface area contributed by atoms with Gasteiger partial charge in [0.05, 0.1) is 40.7 Å². The average Bonchev–Trinajstić information content (AvgIpc) is 3.37. The van der Waals surface area contributed by atoms with Crippen molar-refractivity contribution in [2.75, 3.05) is 13.2 Å². The van der Waals surface area contributed by atoms with Crippen LogP contribution in [0.15, 0.2) is 59.8 Å². The topological polar surface area (TPSA) is 102 Å². The van der Waals surface area contributed by atoms with Gasteiger partial charge in [-0.15, -0.1) is 11.3 Å². The van der Waals surface area contributed by atoms with Crippen LogP contribution in [0.5, 0.6) is 0 Å². The Hall–Kier alpha value is -3.01. The summed E-state index contributed by atoms with van der Waals surface area (Å²) < 4.78 is 7.41. The van der Waals surface area contributed by atoms with E-state index in [4.69, 9.17) is 16.3 Å². The second-order valence-corrected chi connectivity index (χ2v) is 8.35. The highest BCUT2D eigenvalue weighted by molar-refractivity contribution is 7.18. The van der Waals surface area contributed by atoms with Gasteiger partial charge < -0.3 is 15.4 Å². The van der Waals surface area contributed by atoms with E-state index in [0.29, 0.717) is 33.7 Å². The minimum absolute atomic E-state index is 0.256. The first-order chi connectivity index (χ1) is 14.5. The van der Waals surface area contributed by atoms with Gasteiger partial charge in [-0.3, -0.25) is 23.9 Å². The molecule has 2 aromatic heterocycles. The third kappa shape index (κ3) is 4.43. The maximum absolute atomic E-state index is 12.6. The Morgan fingerprint density at radius 1 is 1.07 bits per heavy atom. The van der Waals surface area contributed by atoms with Crippen molar-refractivity contribution in [2.24, 2.45) is 0 Å². The van der Waals surface area contributed by atoms with E-state index in [1.807, 2.05) is 0 Å². The summed E-state index contributed by atoms with van der Waals surface area (Å²) in [5.41, 5.74) is 0.800. The zero-order valence-corrected chi connectivity index (χ0v) is 17.2. The van der Waals surface area contributed by atoms with E-state index in [1.54, 1.807) is 42.6 Å². The molecular formula is C20H17ClN4O4S. The van der Waals surface area contributed by atoms with Crippen LogP contribution in [-0.4, -0.2) is 46.7 Å². The number of thiophene rings is 1. The predicted molar refractivity (Wildman–Crippen MR) is 112 cm³/mol. The average molecular weight is 445 g/mol. The molecule has 2 amide bonds. The van der Waals surface area contributed by atoms with Gasteiger partial charge in [-0.05, 0) is 36.4 Å². The third-order valence-corrected chi connectivity index (χ3v) is 5.87. The number of aromatic nitrogens is 2. The number of nitrogens with zero attached hydrogens (tertiary/aromatic N) is 2. The Balaban J connectivity index is 1.41. The summed E-state index contributed by atoms with van der Waals surface area (Å²) in [6.07, 6.45) is 4.29. The fraction of sp³-hybridized carbons (Fsp3) is 0.200. The second kappa shape index (κ2) is 8.78. The lowest BCUT2D eigenvalue weighted by atomic mass is 10.1. The monoisotopic (exact) mass is 444 g/mol. The smallest absolute Gasteiger partial charge is 0.273 e. The van der Waals surface area contributed by atoms with E-state index in [-0.39, 0.29) is 29.5 Å². The predicted octanol–water partition coefficient (Wildman–Crippen LogP) is 1.87. The van der Waals surface area contributed by atoms with Crippen molar-refractivity contribution >= 4 is 34.8 Å². The van der Waals surface area contributed by atoms with Crippen molar-refractivity contribution in [1.29, 1.82) is 0 Å². The number of hydrogen-bond acceptors (Lipinski definition) is 6. The standard InChI is InChI=1S/C20H17ClN4O4S/c21-17-6-5-16(30-17)20(28)24-15-11-29-10-14(15)23-19(27)12-1-3-13(4-2-12)25-8-7-22-9-18(25)26/h1-9,14-15H,10-11H2,(H,23,27)(H,24,28)/t14-,15+/m1/s1. The number of nitrogens with one attached hydrogen (secondary N) is 2. The summed E-state index contributed by atoms with van der Waals surface area (Å²) in [4.78, 5) is 41.1. The third-order valence-electron chi connectivity index (χ3n) is 4.64. The van der Waals surface area contributed by atoms with Crippen LogP contribution in [0.25, 0.3) is 5.69 Å². The number of carbonyl (C=O) groups is 2. The van der Waals surface area contributed by atoms with Gasteiger partial charge in [0.1, 0.15) is 0 Å². The molecule has 0 aliphatic carbocycles. The highest BCUT2D eigenvalue weighted by atomic mass is 35.5. The summed E-state index contributed by atoms with van der Waals surface area (Å²) in [5, 5.41) is 5.78. The minimum atomic E-state index is -0.362. The Labute approximate surface area is 180 Å². The fourth-order valence-electron chi connectivity index (χ4n) is 3.10. The van der Waals surface area contributed by atoms with Crippen molar-refractivity contribution < 1.29 is 14.3 Å². The lowest BCUT2D eigenvalue weighted by Gasteiger charge is -2.20. The molecule has 1 aliphatic rings. The largest absolute Gasteiger partial charge is 0.377 e. The number of hydrogen-bond donors (Lipinski definition) is 2. The molecule has 1 aromatic carbocycles. The fourth-order valence-corrected chi connectivity index (χ4v) is 4.05. The van der Waals surface area contributed by atoms with Crippen molar-refractivity contribution in [3.63, 3.8) is 0 Å². The minimum Gasteiger partial charge on any atom is -0.377 e. The molecular weight excluding hydrogens is 428 g/mol. The highest BCUT2D eigenvalue weighted by Gasteiger charge is 2.31. The molecule has 2 N–H and O–H groups in total. The Morgan fingerprint density at radius 3 is 2.40 bits per heavy atom. The van der Waals surface area contributed by atoms with Crippen LogP contribution in [0, 0.1) is 0 Å². The van der Waals surface area contributed by atoms with Crippen LogP contribution in [0.2, 0.25) is 4.34 Å². The molecule has 4 rings (SSSR count). The molecule has 154 valence electrons. The number of halogens is 1. The SMILES string of the molecule is O=C(N[C@@H]1COC[C@@H]1NC(=O)c1ccc(Cl)s1)c1ccc(-n2ccncc2=O)cc1. The highest BCUT2D eigenvalue weighted by Crippen LogP contribution is 2.21. The molecule has 3 heterocycles. The molecule has 0 radical (unpaired) electrons. The molecule has 10 heteroatoms. The van der Waals surface area contributed by atoms with E-state index in [1.165, 1.54) is 28.3 Å².